The summed E-state index contributed by atoms with van der Waals surface area (Å²) in [6.07, 6.45) is 3.31. The van der Waals surface area contributed by atoms with E-state index in [2.05, 4.69) is 28.3 Å². The van der Waals surface area contributed by atoms with Gasteiger partial charge in [-0.25, -0.2) is 8.42 Å². The zero-order chi connectivity index (χ0) is 26.5. The second-order valence-corrected chi connectivity index (χ2v) is 13.1. The van der Waals surface area contributed by atoms with E-state index in [4.69, 9.17) is 0 Å². The molecule has 2 aromatic rings. The van der Waals surface area contributed by atoms with Crippen molar-refractivity contribution in [2.45, 2.75) is 50.3 Å². The van der Waals surface area contributed by atoms with Crippen LogP contribution < -0.4 is 39.6 Å². The van der Waals surface area contributed by atoms with Crippen molar-refractivity contribution in [3.8, 4) is 0 Å². The maximum absolute atomic E-state index is 14.0. The number of hydrogen-bond acceptors (Lipinski definition) is 8. The first kappa shape index (κ1) is 29.7. The van der Waals surface area contributed by atoms with Gasteiger partial charge in [0.05, 0.1) is 23.0 Å². The molecule has 5 N–H and O–H groups in total. The number of ketones is 1. The first-order chi connectivity index (χ1) is 16.8. The number of fused-ring (bicyclic) bond motifs is 2. The number of aliphatic hydroxyl groups excluding tert-OH is 1. The third kappa shape index (κ3) is 5.78. The van der Waals surface area contributed by atoms with Crippen molar-refractivity contribution in [1.29, 1.82) is 0 Å². The molecular formula is C25H32N3NaO6S2. The standard InChI is InChI=1S/C25H31N3O6S2.Na.H/c1-5-15(2)12-13-25(3)18-9-7-6-8-17(18)22(29)21(23(25)30)24-26-19-11-10-16(27-35(4,31)32)14-20(19)36(33,34)28-24;;/h6-11,14-15,27,29,33-34H,5,12-13H2,1-4H3,(H,26,28);;/q;+1;-1/t15-,25?;;/m0../s1. The average Bonchev–Trinajstić information content (AvgIpc) is 2.80. The second kappa shape index (κ2) is 10.7. The summed E-state index contributed by atoms with van der Waals surface area (Å²) in [5, 5.41) is 14.1. The van der Waals surface area contributed by atoms with Crippen LogP contribution in [0.3, 0.4) is 0 Å². The summed E-state index contributed by atoms with van der Waals surface area (Å²) >= 11 is 0. The average molecular weight is 558 g/mol. The van der Waals surface area contributed by atoms with E-state index in [0.717, 1.165) is 24.7 Å². The Bertz CT molecular complexity index is 1410. The first-order valence-electron chi connectivity index (χ1n) is 11.6. The number of benzene rings is 2. The minimum absolute atomic E-state index is 0. The summed E-state index contributed by atoms with van der Waals surface area (Å²) in [6.45, 7) is 6.07. The van der Waals surface area contributed by atoms with Crippen molar-refractivity contribution in [3.05, 3.63) is 59.2 Å². The summed E-state index contributed by atoms with van der Waals surface area (Å²) in [4.78, 5) is 14.0. The molecule has 12 heteroatoms. The number of carbonyl (C=O) groups excluding carboxylic acids is 1. The zero-order valence-electron chi connectivity index (χ0n) is 22.6. The molecule has 0 radical (unpaired) electrons. The van der Waals surface area contributed by atoms with Crippen molar-refractivity contribution >= 4 is 49.6 Å². The van der Waals surface area contributed by atoms with E-state index >= 15 is 0 Å². The van der Waals surface area contributed by atoms with Crippen LogP contribution in [0.2, 0.25) is 0 Å². The van der Waals surface area contributed by atoms with Crippen LogP contribution in [0.5, 0.6) is 0 Å². The summed E-state index contributed by atoms with van der Waals surface area (Å²) in [7, 11) is -7.40. The van der Waals surface area contributed by atoms with E-state index < -0.39 is 26.2 Å². The van der Waals surface area contributed by atoms with E-state index in [-0.39, 0.29) is 70.2 Å². The molecular weight excluding hydrogens is 525 g/mol. The topological polar surface area (TPSA) is 148 Å². The van der Waals surface area contributed by atoms with E-state index in [9.17, 15) is 27.4 Å². The van der Waals surface area contributed by atoms with Crippen LogP contribution in [-0.4, -0.2) is 40.5 Å². The monoisotopic (exact) mass is 557 g/mol. The molecule has 0 saturated carbocycles. The van der Waals surface area contributed by atoms with Crippen molar-refractivity contribution in [2.24, 2.45) is 10.3 Å². The Kier molecular flexibility index (Phi) is 8.60. The van der Waals surface area contributed by atoms with Crippen molar-refractivity contribution in [3.63, 3.8) is 0 Å². The summed E-state index contributed by atoms with van der Waals surface area (Å²) < 4.78 is 51.3. The molecule has 0 fully saturated rings. The summed E-state index contributed by atoms with van der Waals surface area (Å²) in [6, 6.07) is 11.4. The minimum Gasteiger partial charge on any atom is -1.00 e. The van der Waals surface area contributed by atoms with Crippen LogP contribution in [0.15, 0.2) is 57.3 Å². The van der Waals surface area contributed by atoms with Crippen molar-refractivity contribution < 1.29 is 58.4 Å². The Labute approximate surface area is 242 Å². The minimum atomic E-state index is -3.82. The van der Waals surface area contributed by atoms with Crippen LogP contribution in [0.25, 0.3) is 5.76 Å². The predicted molar refractivity (Wildman–Crippen MR) is 145 cm³/mol. The molecule has 2 atom stereocenters. The number of carbonyl (C=O) groups is 1. The Balaban J connectivity index is 0.00000253. The fourth-order valence-electron chi connectivity index (χ4n) is 4.58. The summed E-state index contributed by atoms with van der Waals surface area (Å²) in [5.41, 5.74) is 0.548. The van der Waals surface area contributed by atoms with Gasteiger partial charge in [-0.15, -0.1) is 4.40 Å². The molecule has 9 nitrogen and oxygen atoms in total. The quantitative estimate of drug-likeness (QED) is 0.329. The first-order valence-corrected chi connectivity index (χ1v) is 15.0. The number of hydrogen-bond donors (Lipinski definition) is 5. The number of anilines is 2. The Hall–Kier alpha value is -1.86. The molecule has 1 aliphatic carbocycles. The van der Waals surface area contributed by atoms with Gasteiger partial charge >= 0.3 is 29.6 Å². The molecule has 2 aromatic carbocycles. The van der Waals surface area contributed by atoms with Crippen molar-refractivity contribution in [1.82, 2.24) is 0 Å². The Morgan fingerprint density at radius 1 is 1.22 bits per heavy atom. The normalized spacial score (nSPS) is 22.0. The maximum Gasteiger partial charge on any atom is 1.00 e. The van der Waals surface area contributed by atoms with E-state index in [1.807, 2.05) is 19.1 Å². The van der Waals surface area contributed by atoms with Gasteiger partial charge in [0.1, 0.15) is 16.2 Å². The smallest absolute Gasteiger partial charge is 1.00 e. The zero-order valence-corrected chi connectivity index (χ0v) is 25.2. The molecule has 4 rings (SSSR count). The Morgan fingerprint density at radius 2 is 1.89 bits per heavy atom. The van der Waals surface area contributed by atoms with Crippen LogP contribution in [-0.2, 0) is 20.2 Å². The molecule has 1 unspecified atom stereocenters. The summed E-state index contributed by atoms with van der Waals surface area (Å²) in [5.74, 6) is -0.374. The van der Waals surface area contributed by atoms with Gasteiger partial charge in [-0.2, -0.15) is 0 Å². The maximum atomic E-state index is 14.0. The van der Waals surface area contributed by atoms with Crippen LogP contribution in [0.1, 0.15) is 52.6 Å². The Morgan fingerprint density at radius 3 is 2.54 bits per heavy atom. The number of nitrogens with zero attached hydrogens (tertiary/aromatic N) is 1. The van der Waals surface area contributed by atoms with E-state index in [1.54, 1.807) is 12.1 Å². The number of aliphatic hydroxyl groups is 1. The molecule has 1 aliphatic heterocycles. The predicted octanol–water partition coefficient (Wildman–Crippen LogP) is 2.66. The fourth-order valence-corrected chi connectivity index (χ4v) is 6.33. The van der Waals surface area contributed by atoms with Gasteiger partial charge in [-0.05, 0) is 49.4 Å². The van der Waals surface area contributed by atoms with E-state index in [0.29, 0.717) is 17.9 Å². The molecule has 37 heavy (non-hydrogen) atoms. The third-order valence-electron chi connectivity index (χ3n) is 6.86. The molecule has 2 aliphatic rings. The van der Waals surface area contributed by atoms with E-state index in [1.165, 1.54) is 18.2 Å². The number of nitrogens with one attached hydrogen (secondary N) is 2. The third-order valence-corrected chi connectivity index (χ3v) is 8.84. The second-order valence-electron chi connectivity index (χ2n) is 9.65. The largest absolute Gasteiger partial charge is 1.00 e. The van der Waals surface area contributed by atoms with Gasteiger partial charge in [-0.3, -0.25) is 18.6 Å². The number of Topliss-reactive ketones (excluding diaryl/α,β-unsaturated/α-hetero) is 1. The van der Waals surface area contributed by atoms with Crippen LogP contribution in [0.4, 0.5) is 11.4 Å². The molecule has 0 aromatic heterocycles. The SMILES string of the molecule is CC[C@H](C)CCC1(C)C(=O)C(C2=NS(O)(O)c3cc(NS(C)(=O)=O)ccc3N2)=C(O)c2ccccc21.[H-].[Na+]. The van der Waals surface area contributed by atoms with Gasteiger partial charge in [0.2, 0.25) is 10.0 Å². The van der Waals surface area contributed by atoms with Gasteiger partial charge in [0.15, 0.2) is 11.6 Å². The van der Waals surface area contributed by atoms with Gasteiger partial charge in [0.25, 0.3) is 0 Å². The molecule has 1 heterocycles. The number of amidine groups is 1. The molecule has 0 bridgehead atoms. The molecule has 196 valence electrons. The fraction of sp³-hybridized carbons (Fsp3) is 0.360. The number of sulfonamides is 1. The van der Waals surface area contributed by atoms with Crippen LogP contribution >= 0.6 is 10.8 Å². The number of rotatable bonds is 7. The molecule has 0 amide bonds. The van der Waals surface area contributed by atoms with Crippen LogP contribution in [0, 0.1) is 5.92 Å². The van der Waals surface area contributed by atoms with Gasteiger partial charge < -0.3 is 11.8 Å². The molecule has 0 spiro atoms. The van der Waals surface area contributed by atoms with Gasteiger partial charge in [-0.1, -0.05) is 55.3 Å². The molecule has 0 saturated heterocycles. The van der Waals surface area contributed by atoms with Gasteiger partial charge in [0, 0.05) is 5.56 Å². The van der Waals surface area contributed by atoms with Crippen molar-refractivity contribution in [2.75, 3.05) is 16.3 Å².